The molecular formula is C16H21N5O3. The van der Waals surface area contributed by atoms with Gasteiger partial charge in [-0.2, -0.15) is 0 Å². The van der Waals surface area contributed by atoms with Crippen molar-refractivity contribution < 1.29 is 14.4 Å². The van der Waals surface area contributed by atoms with E-state index < -0.39 is 11.9 Å². The van der Waals surface area contributed by atoms with Crippen molar-refractivity contribution in [3.05, 3.63) is 23.9 Å². The van der Waals surface area contributed by atoms with Gasteiger partial charge in [0, 0.05) is 32.6 Å². The highest BCUT2D eigenvalue weighted by Crippen LogP contribution is 2.13. The molecule has 3 N–H and O–H groups in total. The van der Waals surface area contributed by atoms with E-state index in [0.29, 0.717) is 12.1 Å². The lowest BCUT2D eigenvalue weighted by Crippen LogP contribution is -2.52. The van der Waals surface area contributed by atoms with E-state index in [-0.39, 0.29) is 24.7 Å². The molecule has 24 heavy (non-hydrogen) atoms. The van der Waals surface area contributed by atoms with E-state index in [1.807, 2.05) is 12.1 Å². The summed E-state index contributed by atoms with van der Waals surface area (Å²) < 4.78 is 0. The third-order valence-electron chi connectivity index (χ3n) is 4.15. The number of carbonyl (C=O) groups is 3. The Morgan fingerprint density at radius 3 is 2.83 bits per heavy atom. The van der Waals surface area contributed by atoms with Crippen LogP contribution in [0.3, 0.4) is 0 Å². The van der Waals surface area contributed by atoms with Crippen LogP contribution in [0.4, 0.5) is 5.82 Å². The number of amides is 3. The molecule has 0 aliphatic carbocycles. The molecule has 2 fully saturated rings. The minimum absolute atomic E-state index is 0.109. The molecule has 2 aliphatic rings. The molecule has 128 valence electrons. The lowest BCUT2D eigenvalue weighted by Gasteiger charge is -2.28. The number of piperidine rings is 1. The maximum Gasteiger partial charge on any atom is 0.249 e. The van der Waals surface area contributed by atoms with Crippen LogP contribution in [0.25, 0.3) is 0 Å². The Morgan fingerprint density at radius 2 is 2.08 bits per heavy atom. The summed E-state index contributed by atoms with van der Waals surface area (Å²) in [6.07, 6.45) is 0.690. The zero-order valence-corrected chi connectivity index (χ0v) is 13.4. The highest BCUT2D eigenvalue weighted by Gasteiger charge is 2.27. The van der Waals surface area contributed by atoms with Crippen molar-refractivity contribution in [1.29, 1.82) is 0 Å². The van der Waals surface area contributed by atoms with E-state index >= 15 is 0 Å². The van der Waals surface area contributed by atoms with E-state index in [9.17, 15) is 14.4 Å². The third-order valence-corrected chi connectivity index (χ3v) is 4.15. The Labute approximate surface area is 140 Å². The van der Waals surface area contributed by atoms with E-state index in [1.54, 1.807) is 6.07 Å². The summed E-state index contributed by atoms with van der Waals surface area (Å²) in [5.41, 5.74) is 0.663. The van der Waals surface area contributed by atoms with Crippen LogP contribution in [-0.4, -0.2) is 54.9 Å². The van der Waals surface area contributed by atoms with Crippen molar-refractivity contribution in [2.75, 3.05) is 31.1 Å². The Kier molecular flexibility index (Phi) is 5.05. The van der Waals surface area contributed by atoms with Crippen LogP contribution >= 0.6 is 0 Å². The Bertz CT molecular complexity index is 642. The number of pyridine rings is 1. The molecule has 0 bridgehead atoms. The highest BCUT2D eigenvalue weighted by atomic mass is 16.2. The molecule has 0 spiro atoms. The van der Waals surface area contributed by atoms with Crippen LogP contribution in [0.2, 0.25) is 0 Å². The molecule has 1 aromatic heterocycles. The van der Waals surface area contributed by atoms with Gasteiger partial charge in [-0.05, 0) is 18.6 Å². The lowest BCUT2D eigenvalue weighted by atomic mass is 10.1. The van der Waals surface area contributed by atoms with Crippen LogP contribution in [0, 0.1) is 0 Å². The second kappa shape index (κ2) is 7.39. The van der Waals surface area contributed by atoms with Crippen LogP contribution in [-0.2, 0) is 20.8 Å². The fourth-order valence-electron chi connectivity index (χ4n) is 2.88. The van der Waals surface area contributed by atoms with Crippen molar-refractivity contribution in [2.45, 2.75) is 25.3 Å². The second-order valence-electron chi connectivity index (χ2n) is 5.97. The number of imide groups is 1. The van der Waals surface area contributed by atoms with Crippen molar-refractivity contribution in [3.8, 4) is 0 Å². The Hall–Kier alpha value is -2.48. The third kappa shape index (κ3) is 4.08. The molecule has 2 saturated heterocycles. The molecule has 8 heteroatoms. The number of nitrogens with one attached hydrogen (secondary N) is 3. The summed E-state index contributed by atoms with van der Waals surface area (Å²) in [5.74, 6) is -0.143. The van der Waals surface area contributed by atoms with Gasteiger partial charge in [0.25, 0.3) is 0 Å². The Balaban J connectivity index is 1.58. The van der Waals surface area contributed by atoms with Crippen molar-refractivity contribution in [3.63, 3.8) is 0 Å². The van der Waals surface area contributed by atoms with Crippen molar-refractivity contribution >= 4 is 23.5 Å². The Morgan fingerprint density at radius 1 is 1.29 bits per heavy atom. The topological polar surface area (TPSA) is 103 Å². The largest absolute Gasteiger partial charge is 0.354 e. The van der Waals surface area contributed by atoms with Crippen molar-refractivity contribution in [1.82, 2.24) is 20.9 Å². The zero-order chi connectivity index (χ0) is 16.9. The maximum atomic E-state index is 12.2. The molecule has 1 unspecified atom stereocenters. The number of aromatic nitrogens is 1. The van der Waals surface area contributed by atoms with Crippen LogP contribution in [0.5, 0.6) is 0 Å². The number of anilines is 1. The van der Waals surface area contributed by atoms with Gasteiger partial charge in [0.2, 0.25) is 17.7 Å². The first kappa shape index (κ1) is 16.4. The summed E-state index contributed by atoms with van der Waals surface area (Å²) in [6, 6.07) is 4.98. The van der Waals surface area contributed by atoms with Gasteiger partial charge in [-0.15, -0.1) is 0 Å². The molecule has 3 heterocycles. The summed E-state index contributed by atoms with van der Waals surface area (Å²) >= 11 is 0. The molecule has 8 nitrogen and oxygen atoms in total. The van der Waals surface area contributed by atoms with Gasteiger partial charge in [-0.1, -0.05) is 6.07 Å². The molecule has 0 saturated carbocycles. The van der Waals surface area contributed by atoms with Gasteiger partial charge < -0.3 is 15.5 Å². The second-order valence-corrected chi connectivity index (χ2v) is 5.97. The molecular weight excluding hydrogens is 310 g/mol. The van der Waals surface area contributed by atoms with E-state index in [1.165, 1.54) is 0 Å². The highest BCUT2D eigenvalue weighted by molar-refractivity contribution is 6.01. The molecule has 3 rings (SSSR count). The van der Waals surface area contributed by atoms with Gasteiger partial charge in [0.15, 0.2) is 0 Å². The van der Waals surface area contributed by atoms with Gasteiger partial charge in [0.05, 0.1) is 12.1 Å². The zero-order valence-electron chi connectivity index (χ0n) is 13.4. The number of rotatable bonds is 4. The number of nitrogens with zero attached hydrogens (tertiary/aromatic N) is 2. The average Bonchev–Trinajstić information content (AvgIpc) is 2.58. The molecule has 0 radical (unpaired) electrons. The summed E-state index contributed by atoms with van der Waals surface area (Å²) in [5, 5.41) is 8.19. The van der Waals surface area contributed by atoms with Gasteiger partial charge in [-0.25, -0.2) is 4.98 Å². The fraction of sp³-hybridized carbons (Fsp3) is 0.500. The molecule has 1 aromatic rings. The van der Waals surface area contributed by atoms with Crippen LogP contribution in [0.1, 0.15) is 18.5 Å². The number of hydrogen-bond donors (Lipinski definition) is 3. The quantitative estimate of drug-likeness (QED) is 0.609. The normalized spacial score (nSPS) is 21.3. The van der Waals surface area contributed by atoms with E-state index in [0.717, 1.165) is 32.0 Å². The SMILES string of the molecule is O=C1CCC(NC(=O)Cc2cccc(N3CCNCC3)n2)C(=O)N1. The molecule has 3 amide bonds. The van der Waals surface area contributed by atoms with Gasteiger partial charge >= 0.3 is 0 Å². The fourth-order valence-corrected chi connectivity index (χ4v) is 2.88. The molecule has 1 atom stereocenters. The van der Waals surface area contributed by atoms with E-state index in [2.05, 4.69) is 25.8 Å². The van der Waals surface area contributed by atoms with Gasteiger partial charge in [0.1, 0.15) is 11.9 Å². The van der Waals surface area contributed by atoms with Crippen LogP contribution < -0.4 is 20.9 Å². The smallest absolute Gasteiger partial charge is 0.249 e. The summed E-state index contributed by atoms with van der Waals surface area (Å²) in [6.45, 7) is 3.61. The predicted octanol–water partition coefficient (Wildman–Crippen LogP) is -1.04. The summed E-state index contributed by atoms with van der Waals surface area (Å²) in [4.78, 5) is 41.7. The summed E-state index contributed by atoms with van der Waals surface area (Å²) in [7, 11) is 0. The minimum atomic E-state index is -0.647. The predicted molar refractivity (Wildman–Crippen MR) is 87.3 cm³/mol. The number of carbonyl (C=O) groups excluding carboxylic acids is 3. The lowest BCUT2D eigenvalue weighted by molar-refractivity contribution is -0.137. The van der Waals surface area contributed by atoms with E-state index in [4.69, 9.17) is 0 Å². The average molecular weight is 331 g/mol. The van der Waals surface area contributed by atoms with Crippen molar-refractivity contribution in [2.24, 2.45) is 0 Å². The first-order valence-corrected chi connectivity index (χ1v) is 8.16. The van der Waals surface area contributed by atoms with Crippen LogP contribution in [0.15, 0.2) is 18.2 Å². The maximum absolute atomic E-state index is 12.2. The monoisotopic (exact) mass is 331 g/mol. The minimum Gasteiger partial charge on any atom is -0.354 e. The number of piperazine rings is 1. The first-order valence-electron chi connectivity index (χ1n) is 8.16. The number of hydrogen-bond acceptors (Lipinski definition) is 6. The molecule has 0 aromatic carbocycles. The van der Waals surface area contributed by atoms with Gasteiger partial charge in [-0.3, -0.25) is 19.7 Å². The first-order chi connectivity index (χ1) is 11.6. The molecule has 2 aliphatic heterocycles. The standard InChI is InChI=1S/C16H21N5O3/c22-14-5-4-12(16(24)20-14)19-15(23)10-11-2-1-3-13(18-11)21-8-6-17-7-9-21/h1-3,12,17H,4-10H2,(H,19,23)(H,20,22,24).